The molecule has 0 radical (unpaired) electrons. The van der Waals surface area contributed by atoms with E-state index in [4.69, 9.17) is 5.11 Å². The van der Waals surface area contributed by atoms with E-state index in [-0.39, 0.29) is 5.69 Å². The first-order valence-electron chi connectivity index (χ1n) is 7.10. The first-order valence-corrected chi connectivity index (χ1v) is 7.10. The topological polar surface area (TPSA) is 50.2 Å². The highest BCUT2D eigenvalue weighted by Gasteiger charge is 2.01. The Kier molecular flexibility index (Phi) is 7.56. The van der Waals surface area contributed by atoms with Gasteiger partial charge in [0.1, 0.15) is 5.69 Å². The molecule has 0 aliphatic heterocycles. The summed E-state index contributed by atoms with van der Waals surface area (Å²) in [6, 6.07) is 3.32. The molecule has 1 N–H and O–H groups in total. The van der Waals surface area contributed by atoms with Crippen LogP contribution in [-0.4, -0.2) is 16.1 Å². The van der Waals surface area contributed by atoms with Gasteiger partial charge in [0.05, 0.1) is 0 Å². The summed E-state index contributed by atoms with van der Waals surface area (Å²) in [7, 11) is 0. The summed E-state index contributed by atoms with van der Waals surface area (Å²) in [6.07, 6.45) is 14.6. The van der Waals surface area contributed by atoms with E-state index in [1.807, 2.05) is 6.08 Å². The van der Waals surface area contributed by atoms with Crippen LogP contribution in [0.2, 0.25) is 0 Å². The molecule has 0 fully saturated rings. The Balaban J connectivity index is 2.20. The fraction of sp³-hybridized carbons (Fsp3) is 0.500. The second kappa shape index (κ2) is 9.31. The second-order valence-corrected chi connectivity index (χ2v) is 4.74. The van der Waals surface area contributed by atoms with Crippen LogP contribution in [0.3, 0.4) is 0 Å². The molecule has 1 rings (SSSR count). The van der Waals surface area contributed by atoms with Crippen LogP contribution in [-0.2, 0) is 0 Å². The SMILES string of the molecule is CCCCCCCCC=Cc1ccc(C(=O)O)nc1. The van der Waals surface area contributed by atoms with Gasteiger partial charge >= 0.3 is 5.97 Å². The van der Waals surface area contributed by atoms with Gasteiger partial charge in [0.25, 0.3) is 0 Å². The van der Waals surface area contributed by atoms with Crippen molar-refractivity contribution in [3.8, 4) is 0 Å². The minimum atomic E-state index is -0.984. The lowest BCUT2D eigenvalue weighted by atomic mass is 10.1. The molecule has 0 bridgehead atoms. The van der Waals surface area contributed by atoms with Crippen LogP contribution in [0.1, 0.15) is 67.9 Å². The van der Waals surface area contributed by atoms with Crippen molar-refractivity contribution in [2.24, 2.45) is 0 Å². The summed E-state index contributed by atoms with van der Waals surface area (Å²) in [5.41, 5.74) is 1.05. The lowest BCUT2D eigenvalue weighted by molar-refractivity contribution is 0.0690. The maximum Gasteiger partial charge on any atom is 0.354 e. The molecule has 19 heavy (non-hydrogen) atoms. The third kappa shape index (κ3) is 6.75. The first kappa shape index (κ1) is 15.4. The smallest absolute Gasteiger partial charge is 0.354 e. The van der Waals surface area contributed by atoms with Crippen LogP contribution in [0.15, 0.2) is 24.4 Å². The fourth-order valence-electron chi connectivity index (χ4n) is 1.89. The third-order valence-electron chi connectivity index (χ3n) is 3.04. The van der Waals surface area contributed by atoms with E-state index in [0.29, 0.717) is 0 Å². The molecule has 3 nitrogen and oxygen atoms in total. The fourth-order valence-corrected chi connectivity index (χ4v) is 1.89. The van der Waals surface area contributed by atoms with E-state index >= 15 is 0 Å². The molecular formula is C16H23NO2. The molecule has 0 atom stereocenters. The van der Waals surface area contributed by atoms with Gasteiger partial charge in [0.2, 0.25) is 0 Å². The van der Waals surface area contributed by atoms with E-state index in [1.165, 1.54) is 44.6 Å². The Morgan fingerprint density at radius 3 is 2.58 bits per heavy atom. The number of aromatic carboxylic acids is 1. The van der Waals surface area contributed by atoms with Crippen molar-refractivity contribution in [2.45, 2.75) is 51.9 Å². The standard InChI is InChI=1S/C16H23NO2/c1-2-3-4-5-6-7-8-9-10-14-11-12-15(16(18)19)17-13-14/h9-13H,2-8H2,1H3,(H,18,19). The Labute approximate surface area is 115 Å². The predicted molar refractivity (Wildman–Crippen MR) is 78.2 cm³/mol. The third-order valence-corrected chi connectivity index (χ3v) is 3.04. The van der Waals surface area contributed by atoms with Gasteiger partial charge < -0.3 is 5.11 Å². The molecule has 1 aromatic rings. The molecule has 104 valence electrons. The van der Waals surface area contributed by atoms with Crippen LogP contribution >= 0.6 is 0 Å². The van der Waals surface area contributed by atoms with Crippen molar-refractivity contribution in [3.05, 3.63) is 35.7 Å². The van der Waals surface area contributed by atoms with Crippen molar-refractivity contribution in [1.82, 2.24) is 4.98 Å². The Morgan fingerprint density at radius 2 is 1.95 bits per heavy atom. The number of carbonyl (C=O) groups is 1. The molecule has 0 unspecified atom stereocenters. The number of pyridine rings is 1. The average Bonchev–Trinajstić information content (AvgIpc) is 2.42. The predicted octanol–water partition coefficient (Wildman–Crippen LogP) is 4.54. The Morgan fingerprint density at radius 1 is 1.21 bits per heavy atom. The Hall–Kier alpha value is -1.64. The molecule has 0 saturated carbocycles. The lowest BCUT2D eigenvalue weighted by Gasteiger charge is -1.98. The first-order chi connectivity index (χ1) is 9.24. The molecule has 1 heterocycles. The van der Waals surface area contributed by atoms with Gasteiger partial charge in [-0.25, -0.2) is 9.78 Å². The van der Waals surface area contributed by atoms with Crippen molar-refractivity contribution in [2.75, 3.05) is 0 Å². The monoisotopic (exact) mass is 261 g/mol. The van der Waals surface area contributed by atoms with Gasteiger partial charge in [0.15, 0.2) is 0 Å². The molecular weight excluding hydrogens is 238 g/mol. The quantitative estimate of drug-likeness (QED) is 0.664. The summed E-state index contributed by atoms with van der Waals surface area (Å²) in [5.74, 6) is -0.984. The minimum Gasteiger partial charge on any atom is -0.477 e. The highest BCUT2D eigenvalue weighted by atomic mass is 16.4. The second-order valence-electron chi connectivity index (χ2n) is 4.74. The van der Waals surface area contributed by atoms with Crippen molar-refractivity contribution < 1.29 is 9.90 Å². The maximum absolute atomic E-state index is 10.6. The zero-order chi connectivity index (χ0) is 13.9. The zero-order valence-corrected chi connectivity index (χ0v) is 11.6. The van der Waals surface area contributed by atoms with Crippen LogP contribution in [0.5, 0.6) is 0 Å². The highest BCUT2D eigenvalue weighted by Crippen LogP contribution is 2.09. The maximum atomic E-state index is 10.6. The largest absolute Gasteiger partial charge is 0.477 e. The van der Waals surface area contributed by atoms with Crippen LogP contribution in [0.4, 0.5) is 0 Å². The number of unbranched alkanes of at least 4 members (excludes halogenated alkanes) is 6. The number of aromatic nitrogens is 1. The molecule has 0 saturated heterocycles. The summed E-state index contributed by atoms with van der Waals surface area (Å²) in [4.78, 5) is 14.5. The van der Waals surface area contributed by atoms with Gasteiger partial charge in [-0.15, -0.1) is 0 Å². The molecule has 0 spiro atoms. The van der Waals surface area contributed by atoms with E-state index in [1.54, 1.807) is 12.3 Å². The average molecular weight is 261 g/mol. The normalized spacial score (nSPS) is 11.0. The minimum absolute atomic E-state index is 0.0908. The molecule has 3 heteroatoms. The number of carboxylic acid groups (broad SMARTS) is 1. The van der Waals surface area contributed by atoms with Gasteiger partial charge in [-0.1, -0.05) is 57.2 Å². The van der Waals surface area contributed by atoms with Crippen molar-refractivity contribution in [3.63, 3.8) is 0 Å². The summed E-state index contributed by atoms with van der Waals surface area (Å²) in [5, 5.41) is 8.73. The molecule has 0 amide bonds. The lowest BCUT2D eigenvalue weighted by Crippen LogP contribution is -1.98. The van der Waals surface area contributed by atoms with E-state index in [0.717, 1.165) is 12.0 Å². The van der Waals surface area contributed by atoms with Crippen molar-refractivity contribution >= 4 is 12.0 Å². The van der Waals surface area contributed by atoms with Gasteiger partial charge in [-0.05, 0) is 24.5 Å². The molecule has 1 aromatic heterocycles. The summed E-state index contributed by atoms with van der Waals surface area (Å²) in [6.45, 7) is 2.23. The van der Waals surface area contributed by atoms with E-state index in [9.17, 15) is 4.79 Å². The van der Waals surface area contributed by atoms with Gasteiger partial charge in [0, 0.05) is 6.20 Å². The molecule has 0 aromatic carbocycles. The molecule has 0 aliphatic carbocycles. The van der Waals surface area contributed by atoms with Crippen molar-refractivity contribution in [1.29, 1.82) is 0 Å². The summed E-state index contributed by atoms with van der Waals surface area (Å²) >= 11 is 0. The van der Waals surface area contributed by atoms with E-state index < -0.39 is 5.97 Å². The Bertz CT molecular complexity index is 396. The van der Waals surface area contributed by atoms with Crippen LogP contribution < -0.4 is 0 Å². The van der Waals surface area contributed by atoms with Crippen LogP contribution in [0, 0.1) is 0 Å². The summed E-state index contributed by atoms with van der Waals surface area (Å²) < 4.78 is 0. The van der Waals surface area contributed by atoms with Crippen LogP contribution in [0.25, 0.3) is 6.08 Å². The van der Waals surface area contributed by atoms with Gasteiger partial charge in [-0.3, -0.25) is 0 Å². The highest BCUT2D eigenvalue weighted by molar-refractivity contribution is 5.85. The van der Waals surface area contributed by atoms with E-state index in [2.05, 4.69) is 18.0 Å². The van der Waals surface area contributed by atoms with Gasteiger partial charge in [-0.2, -0.15) is 0 Å². The zero-order valence-electron chi connectivity index (χ0n) is 11.6. The number of hydrogen-bond acceptors (Lipinski definition) is 2. The number of hydrogen-bond donors (Lipinski definition) is 1. The number of nitrogens with zero attached hydrogens (tertiary/aromatic N) is 1. The number of rotatable bonds is 9. The number of carboxylic acids is 1. The number of allylic oxidation sites excluding steroid dienone is 1. The molecule has 0 aliphatic rings.